The molecule has 21 heavy (non-hydrogen) atoms. The van der Waals surface area contributed by atoms with Crippen LogP contribution in [0.5, 0.6) is 0 Å². The van der Waals surface area contributed by atoms with Crippen LogP contribution in [0.2, 0.25) is 0 Å². The molecule has 0 aliphatic carbocycles. The third-order valence-electron chi connectivity index (χ3n) is 3.65. The van der Waals surface area contributed by atoms with E-state index >= 15 is 0 Å². The van der Waals surface area contributed by atoms with Crippen molar-refractivity contribution in [1.82, 2.24) is 9.78 Å². The van der Waals surface area contributed by atoms with Gasteiger partial charge in [-0.2, -0.15) is 5.10 Å². The average Bonchev–Trinajstić information content (AvgIpc) is 2.89. The summed E-state index contributed by atoms with van der Waals surface area (Å²) in [6.45, 7) is 0. The number of aryl methyl sites for hydroxylation is 2. The molecule has 0 spiro atoms. The molecule has 0 fully saturated rings. The number of hydrogen-bond acceptors (Lipinski definition) is 2. The number of nitrogens with zero attached hydrogens (tertiary/aromatic N) is 2. The fourth-order valence-corrected chi connectivity index (χ4v) is 2.80. The zero-order valence-electron chi connectivity index (χ0n) is 11.7. The number of hydrogen-bond donors (Lipinski definition) is 0. The first-order chi connectivity index (χ1) is 10.1. The Hall–Kier alpha value is -1.94. The van der Waals surface area contributed by atoms with Gasteiger partial charge >= 0.3 is 0 Å². The van der Waals surface area contributed by atoms with Crippen LogP contribution in [0, 0.1) is 0 Å². The zero-order valence-corrected chi connectivity index (χ0v) is 13.3. The van der Waals surface area contributed by atoms with Crippen LogP contribution in [0.25, 0.3) is 10.8 Å². The van der Waals surface area contributed by atoms with E-state index < -0.39 is 0 Å². The Morgan fingerprint density at radius 2 is 1.90 bits per heavy atom. The highest BCUT2D eigenvalue weighted by Gasteiger charge is 2.08. The maximum absolute atomic E-state index is 12.3. The first-order valence-electron chi connectivity index (χ1n) is 6.83. The third-order valence-corrected chi connectivity index (χ3v) is 4.15. The van der Waals surface area contributed by atoms with E-state index in [0.717, 1.165) is 26.5 Å². The van der Waals surface area contributed by atoms with Gasteiger partial charge in [0.25, 0.3) is 0 Å². The molecule has 1 aromatic heterocycles. The fraction of sp³-hybridized carbons (Fsp3) is 0.176. The molecule has 1 heterocycles. The van der Waals surface area contributed by atoms with Crippen molar-refractivity contribution in [3.8, 4) is 0 Å². The lowest BCUT2D eigenvalue weighted by Gasteiger charge is -2.05. The fourth-order valence-electron chi connectivity index (χ4n) is 2.42. The minimum Gasteiger partial charge on any atom is -0.294 e. The molecule has 0 radical (unpaired) electrons. The molecule has 3 nitrogen and oxygen atoms in total. The standard InChI is InChI=1S/C17H15BrN2O/c1-20-16(8-9-19-20)6-7-17(21)14-3-2-13-11-15(18)5-4-12(13)10-14/h2-5,8-11H,6-7H2,1H3. The smallest absolute Gasteiger partial charge is 0.163 e. The van der Waals surface area contributed by atoms with Crippen molar-refractivity contribution in [2.24, 2.45) is 7.05 Å². The van der Waals surface area contributed by atoms with Crippen molar-refractivity contribution >= 4 is 32.5 Å². The van der Waals surface area contributed by atoms with Crippen LogP contribution >= 0.6 is 15.9 Å². The Bertz CT molecular complexity index is 807. The summed E-state index contributed by atoms with van der Waals surface area (Å²) in [7, 11) is 1.90. The zero-order chi connectivity index (χ0) is 14.8. The second-order valence-corrected chi connectivity index (χ2v) is 5.99. The molecule has 0 unspecified atom stereocenters. The predicted octanol–water partition coefficient (Wildman–Crippen LogP) is 4.15. The molecule has 2 aromatic carbocycles. The molecule has 0 atom stereocenters. The molecule has 0 N–H and O–H groups in total. The van der Waals surface area contributed by atoms with Crippen LogP contribution < -0.4 is 0 Å². The monoisotopic (exact) mass is 342 g/mol. The molecule has 0 aliphatic rings. The number of halogens is 1. The SMILES string of the molecule is Cn1nccc1CCC(=O)c1ccc2cc(Br)ccc2c1. The van der Waals surface area contributed by atoms with Crippen LogP contribution in [0.1, 0.15) is 22.5 Å². The van der Waals surface area contributed by atoms with Crippen molar-refractivity contribution in [1.29, 1.82) is 0 Å². The lowest BCUT2D eigenvalue weighted by Crippen LogP contribution is -2.04. The van der Waals surface area contributed by atoms with E-state index in [2.05, 4.69) is 27.1 Å². The summed E-state index contributed by atoms with van der Waals surface area (Å²) in [5, 5.41) is 6.34. The molecular formula is C17H15BrN2O. The Kier molecular flexibility index (Phi) is 3.88. The Morgan fingerprint density at radius 1 is 1.14 bits per heavy atom. The van der Waals surface area contributed by atoms with Crippen LogP contribution in [0.3, 0.4) is 0 Å². The summed E-state index contributed by atoms with van der Waals surface area (Å²) in [5.74, 6) is 0.168. The van der Waals surface area contributed by atoms with Crippen molar-refractivity contribution < 1.29 is 4.79 Å². The van der Waals surface area contributed by atoms with E-state index in [1.807, 2.05) is 48.1 Å². The second kappa shape index (κ2) is 5.82. The van der Waals surface area contributed by atoms with Gasteiger partial charge in [0.05, 0.1) is 0 Å². The number of Topliss-reactive ketones (excluding diaryl/α,β-unsaturated/α-hetero) is 1. The molecule has 0 bridgehead atoms. The number of carbonyl (C=O) groups excluding carboxylic acids is 1. The molecule has 3 rings (SSSR count). The highest BCUT2D eigenvalue weighted by atomic mass is 79.9. The van der Waals surface area contributed by atoms with Gasteiger partial charge in [-0.25, -0.2) is 0 Å². The minimum atomic E-state index is 0.168. The highest BCUT2D eigenvalue weighted by molar-refractivity contribution is 9.10. The molecule has 0 aliphatic heterocycles. The number of carbonyl (C=O) groups is 1. The average molecular weight is 343 g/mol. The van der Waals surface area contributed by atoms with Gasteiger partial charge in [-0.1, -0.05) is 34.1 Å². The third kappa shape index (κ3) is 3.05. The van der Waals surface area contributed by atoms with Gasteiger partial charge in [0.1, 0.15) is 0 Å². The Morgan fingerprint density at radius 3 is 2.67 bits per heavy atom. The largest absolute Gasteiger partial charge is 0.294 e. The van der Waals surface area contributed by atoms with Crippen LogP contribution in [0.4, 0.5) is 0 Å². The van der Waals surface area contributed by atoms with Crippen molar-refractivity contribution in [2.75, 3.05) is 0 Å². The normalized spacial score (nSPS) is 11.0. The predicted molar refractivity (Wildman–Crippen MR) is 87.5 cm³/mol. The Labute approximate surface area is 131 Å². The summed E-state index contributed by atoms with van der Waals surface area (Å²) < 4.78 is 2.86. The highest BCUT2D eigenvalue weighted by Crippen LogP contribution is 2.21. The number of fused-ring (bicyclic) bond motifs is 1. The summed E-state index contributed by atoms with van der Waals surface area (Å²) in [6.07, 6.45) is 2.98. The van der Waals surface area contributed by atoms with E-state index in [0.29, 0.717) is 12.8 Å². The first-order valence-corrected chi connectivity index (χ1v) is 7.62. The quantitative estimate of drug-likeness (QED) is 0.667. The van der Waals surface area contributed by atoms with E-state index in [1.54, 1.807) is 6.20 Å². The lowest BCUT2D eigenvalue weighted by atomic mass is 10.0. The van der Waals surface area contributed by atoms with E-state index in [1.165, 1.54) is 0 Å². The van der Waals surface area contributed by atoms with Crippen LogP contribution in [0.15, 0.2) is 53.1 Å². The number of aromatic nitrogens is 2. The molecule has 0 saturated heterocycles. The van der Waals surface area contributed by atoms with E-state index in [-0.39, 0.29) is 5.78 Å². The van der Waals surface area contributed by atoms with E-state index in [9.17, 15) is 4.79 Å². The summed E-state index contributed by atoms with van der Waals surface area (Å²) >= 11 is 3.46. The first kappa shape index (κ1) is 14.0. The van der Waals surface area contributed by atoms with Crippen molar-refractivity contribution in [3.63, 3.8) is 0 Å². The van der Waals surface area contributed by atoms with Gasteiger partial charge in [-0.05, 0) is 41.5 Å². The number of benzene rings is 2. The van der Waals surface area contributed by atoms with Crippen molar-refractivity contribution in [2.45, 2.75) is 12.8 Å². The van der Waals surface area contributed by atoms with Crippen LogP contribution in [-0.2, 0) is 13.5 Å². The van der Waals surface area contributed by atoms with Gasteiger partial charge in [0.15, 0.2) is 5.78 Å². The topological polar surface area (TPSA) is 34.9 Å². The Balaban J connectivity index is 1.78. The van der Waals surface area contributed by atoms with Gasteiger partial charge in [0, 0.05) is 35.4 Å². The second-order valence-electron chi connectivity index (χ2n) is 5.08. The molecular weight excluding hydrogens is 328 g/mol. The van der Waals surface area contributed by atoms with Crippen molar-refractivity contribution in [3.05, 3.63) is 64.4 Å². The molecule has 4 heteroatoms. The minimum absolute atomic E-state index is 0.168. The number of rotatable bonds is 4. The molecule has 3 aromatic rings. The van der Waals surface area contributed by atoms with Gasteiger partial charge < -0.3 is 0 Å². The summed E-state index contributed by atoms with van der Waals surface area (Å²) in [6, 6.07) is 13.9. The lowest BCUT2D eigenvalue weighted by molar-refractivity contribution is 0.0982. The van der Waals surface area contributed by atoms with Gasteiger partial charge in [-0.15, -0.1) is 0 Å². The van der Waals surface area contributed by atoms with E-state index in [4.69, 9.17) is 0 Å². The maximum atomic E-state index is 12.3. The molecule has 0 amide bonds. The van der Waals surface area contributed by atoms with Gasteiger partial charge in [-0.3, -0.25) is 9.48 Å². The van der Waals surface area contributed by atoms with Gasteiger partial charge in [0.2, 0.25) is 0 Å². The summed E-state index contributed by atoms with van der Waals surface area (Å²) in [4.78, 5) is 12.3. The van der Waals surface area contributed by atoms with Crippen LogP contribution in [-0.4, -0.2) is 15.6 Å². The number of ketones is 1. The summed E-state index contributed by atoms with van der Waals surface area (Å²) in [5.41, 5.74) is 1.85. The molecule has 106 valence electrons. The molecule has 0 saturated carbocycles. The maximum Gasteiger partial charge on any atom is 0.163 e.